The molecule has 0 saturated heterocycles. The normalized spacial score (nSPS) is 12.6. The first-order valence-corrected chi connectivity index (χ1v) is 7.00. The van der Waals surface area contributed by atoms with Crippen molar-refractivity contribution in [1.82, 2.24) is 15.1 Å². The maximum absolute atomic E-state index is 6.20. The van der Waals surface area contributed by atoms with E-state index in [0.717, 1.165) is 18.7 Å². The molecule has 1 aromatic heterocycles. The summed E-state index contributed by atoms with van der Waals surface area (Å²) in [5, 5.41) is 8.88. The highest BCUT2D eigenvalue weighted by molar-refractivity contribution is 6.42. The highest BCUT2D eigenvalue weighted by Crippen LogP contribution is 2.29. The Morgan fingerprint density at radius 2 is 2.16 bits per heavy atom. The van der Waals surface area contributed by atoms with Crippen molar-refractivity contribution in [1.29, 1.82) is 0 Å². The molecule has 0 aliphatic rings. The average molecular weight is 298 g/mol. The zero-order valence-corrected chi connectivity index (χ0v) is 12.5. The van der Waals surface area contributed by atoms with Crippen molar-refractivity contribution in [2.75, 3.05) is 6.54 Å². The van der Waals surface area contributed by atoms with Gasteiger partial charge in [-0.25, -0.2) is 0 Å². The molecule has 1 unspecified atom stereocenters. The maximum atomic E-state index is 6.20. The third-order valence-corrected chi connectivity index (χ3v) is 3.84. The van der Waals surface area contributed by atoms with E-state index in [-0.39, 0.29) is 6.04 Å². The fourth-order valence-corrected chi connectivity index (χ4v) is 2.42. The third-order valence-electron chi connectivity index (χ3n) is 3.00. The Kier molecular flexibility index (Phi) is 4.86. The molecule has 2 aromatic rings. The van der Waals surface area contributed by atoms with Crippen molar-refractivity contribution >= 4 is 23.2 Å². The highest BCUT2D eigenvalue weighted by Gasteiger charge is 2.11. The van der Waals surface area contributed by atoms with Gasteiger partial charge in [0.25, 0.3) is 0 Å². The SMILES string of the molecule is Cc1cnn(CCNC(C)c2cccc(Cl)c2Cl)c1. The monoisotopic (exact) mass is 297 g/mol. The fourth-order valence-electron chi connectivity index (χ4n) is 1.95. The van der Waals surface area contributed by atoms with Crippen LogP contribution in [0.15, 0.2) is 30.6 Å². The standard InChI is InChI=1S/C14H17Cl2N3/c1-10-8-18-19(9-10)7-6-17-11(2)12-4-3-5-13(15)14(12)16/h3-5,8-9,11,17H,6-7H2,1-2H3. The molecule has 0 fully saturated rings. The largest absolute Gasteiger partial charge is 0.308 e. The van der Waals surface area contributed by atoms with Crippen LogP contribution in [0.3, 0.4) is 0 Å². The van der Waals surface area contributed by atoms with E-state index in [1.807, 2.05) is 36.1 Å². The van der Waals surface area contributed by atoms with Gasteiger partial charge in [-0.1, -0.05) is 35.3 Å². The molecule has 1 N–H and O–H groups in total. The van der Waals surface area contributed by atoms with Crippen molar-refractivity contribution < 1.29 is 0 Å². The van der Waals surface area contributed by atoms with E-state index >= 15 is 0 Å². The number of nitrogens with one attached hydrogen (secondary N) is 1. The van der Waals surface area contributed by atoms with Crippen LogP contribution in [0.25, 0.3) is 0 Å². The molecule has 2 rings (SSSR count). The zero-order valence-electron chi connectivity index (χ0n) is 11.0. The number of hydrogen-bond donors (Lipinski definition) is 1. The van der Waals surface area contributed by atoms with Crippen LogP contribution in [-0.4, -0.2) is 16.3 Å². The number of halogens is 2. The van der Waals surface area contributed by atoms with E-state index in [0.29, 0.717) is 10.0 Å². The van der Waals surface area contributed by atoms with Crippen LogP contribution in [-0.2, 0) is 6.54 Å². The molecule has 0 bridgehead atoms. The quantitative estimate of drug-likeness (QED) is 0.908. The van der Waals surface area contributed by atoms with Crippen LogP contribution in [0.5, 0.6) is 0 Å². The molecule has 0 aliphatic carbocycles. The maximum Gasteiger partial charge on any atom is 0.0639 e. The molecular formula is C14H17Cl2N3. The topological polar surface area (TPSA) is 29.9 Å². The Morgan fingerprint density at radius 3 is 2.84 bits per heavy atom. The van der Waals surface area contributed by atoms with E-state index in [2.05, 4.69) is 17.3 Å². The molecule has 1 atom stereocenters. The number of aryl methyl sites for hydroxylation is 1. The van der Waals surface area contributed by atoms with Gasteiger partial charge in [0.2, 0.25) is 0 Å². The van der Waals surface area contributed by atoms with E-state index in [9.17, 15) is 0 Å². The van der Waals surface area contributed by atoms with Crippen molar-refractivity contribution in [2.45, 2.75) is 26.4 Å². The first kappa shape index (κ1) is 14.4. The molecule has 3 nitrogen and oxygen atoms in total. The summed E-state index contributed by atoms with van der Waals surface area (Å²) < 4.78 is 1.93. The molecule has 1 aromatic carbocycles. The van der Waals surface area contributed by atoms with E-state index in [1.165, 1.54) is 5.56 Å². The molecule has 0 radical (unpaired) electrons. The minimum atomic E-state index is 0.155. The summed E-state index contributed by atoms with van der Waals surface area (Å²) in [5.74, 6) is 0. The molecular weight excluding hydrogens is 281 g/mol. The Bertz CT molecular complexity index is 551. The summed E-state index contributed by atoms with van der Waals surface area (Å²) in [6.07, 6.45) is 3.88. The lowest BCUT2D eigenvalue weighted by molar-refractivity contribution is 0.507. The lowest BCUT2D eigenvalue weighted by Crippen LogP contribution is -2.23. The second-order valence-corrected chi connectivity index (χ2v) is 5.38. The van der Waals surface area contributed by atoms with Gasteiger partial charge in [-0.3, -0.25) is 4.68 Å². The van der Waals surface area contributed by atoms with Gasteiger partial charge in [0.05, 0.1) is 22.8 Å². The van der Waals surface area contributed by atoms with Crippen LogP contribution in [0, 0.1) is 6.92 Å². The fraction of sp³-hybridized carbons (Fsp3) is 0.357. The number of aromatic nitrogens is 2. The number of hydrogen-bond acceptors (Lipinski definition) is 2. The van der Waals surface area contributed by atoms with Gasteiger partial charge in [-0.15, -0.1) is 0 Å². The van der Waals surface area contributed by atoms with Gasteiger partial charge in [-0.2, -0.15) is 5.10 Å². The minimum Gasteiger partial charge on any atom is -0.308 e. The molecule has 102 valence electrons. The summed E-state index contributed by atoms with van der Waals surface area (Å²) in [6, 6.07) is 5.86. The summed E-state index contributed by atoms with van der Waals surface area (Å²) in [5.41, 5.74) is 2.19. The predicted octanol–water partition coefficient (Wildman–Crippen LogP) is 3.85. The Balaban J connectivity index is 1.90. The Morgan fingerprint density at radius 1 is 1.37 bits per heavy atom. The molecule has 0 amide bonds. The molecule has 0 saturated carbocycles. The summed E-state index contributed by atoms with van der Waals surface area (Å²) in [6.45, 7) is 5.76. The molecule has 19 heavy (non-hydrogen) atoms. The molecule has 0 spiro atoms. The first-order valence-electron chi connectivity index (χ1n) is 6.24. The van der Waals surface area contributed by atoms with Crippen molar-refractivity contribution in [3.8, 4) is 0 Å². The van der Waals surface area contributed by atoms with Gasteiger partial charge in [0, 0.05) is 18.8 Å². The Hall–Kier alpha value is -1.03. The number of nitrogens with zero attached hydrogens (tertiary/aromatic N) is 2. The molecule has 0 aliphatic heterocycles. The van der Waals surface area contributed by atoms with Crippen LogP contribution in [0.2, 0.25) is 10.0 Å². The van der Waals surface area contributed by atoms with Crippen molar-refractivity contribution in [2.24, 2.45) is 0 Å². The van der Waals surface area contributed by atoms with Crippen LogP contribution >= 0.6 is 23.2 Å². The van der Waals surface area contributed by atoms with E-state index in [1.54, 1.807) is 6.07 Å². The van der Waals surface area contributed by atoms with Gasteiger partial charge in [0.1, 0.15) is 0 Å². The van der Waals surface area contributed by atoms with E-state index < -0.39 is 0 Å². The lowest BCUT2D eigenvalue weighted by atomic mass is 10.1. The second-order valence-electron chi connectivity index (χ2n) is 4.60. The van der Waals surface area contributed by atoms with Crippen molar-refractivity contribution in [3.63, 3.8) is 0 Å². The van der Waals surface area contributed by atoms with Crippen LogP contribution in [0.1, 0.15) is 24.1 Å². The van der Waals surface area contributed by atoms with E-state index in [4.69, 9.17) is 23.2 Å². The third kappa shape index (κ3) is 3.72. The van der Waals surface area contributed by atoms with Gasteiger partial charge < -0.3 is 5.32 Å². The minimum absolute atomic E-state index is 0.155. The summed E-state index contributed by atoms with van der Waals surface area (Å²) in [7, 11) is 0. The zero-order chi connectivity index (χ0) is 13.8. The summed E-state index contributed by atoms with van der Waals surface area (Å²) in [4.78, 5) is 0. The summed E-state index contributed by atoms with van der Waals surface area (Å²) >= 11 is 12.2. The van der Waals surface area contributed by atoms with Gasteiger partial charge in [0.15, 0.2) is 0 Å². The average Bonchev–Trinajstić information content (AvgIpc) is 2.78. The lowest BCUT2D eigenvalue weighted by Gasteiger charge is -2.16. The highest BCUT2D eigenvalue weighted by atomic mass is 35.5. The second kappa shape index (κ2) is 6.42. The van der Waals surface area contributed by atoms with Crippen LogP contribution < -0.4 is 5.32 Å². The van der Waals surface area contributed by atoms with Gasteiger partial charge in [-0.05, 0) is 31.0 Å². The van der Waals surface area contributed by atoms with Crippen LogP contribution in [0.4, 0.5) is 0 Å². The van der Waals surface area contributed by atoms with Gasteiger partial charge >= 0.3 is 0 Å². The Labute approximate surface area is 123 Å². The first-order chi connectivity index (χ1) is 9.08. The smallest absolute Gasteiger partial charge is 0.0639 e. The number of benzene rings is 1. The molecule has 5 heteroatoms. The molecule has 1 heterocycles. The van der Waals surface area contributed by atoms with Crippen molar-refractivity contribution in [3.05, 3.63) is 51.8 Å². The predicted molar refractivity (Wildman–Crippen MR) is 79.8 cm³/mol. The number of rotatable bonds is 5.